The van der Waals surface area contributed by atoms with Gasteiger partial charge in [0, 0.05) is 18.8 Å². The standard InChI is InChI=1S/C20H27F2NO3/c1-13(14-7-10-23-11-8-14)16-4-2-3-5-17(16)20(26,18(24)25)15-6-9-19(21,22)12-15/h2-5,13-15,23,26H,6-12H2,1H3,(H,24,25)/t13-,15-,20-/m1/s1. The first-order chi connectivity index (χ1) is 12.3. The highest BCUT2D eigenvalue weighted by atomic mass is 19.3. The van der Waals surface area contributed by atoms with Crippen LogP contribution in [0.15, 0.2) is 24.3 Å². The molecule has 0 bridgehead atoms. The fraction of sp³-hybridized carbons (Fsp3) is 0.650. The van der Waals surface area contributed by atoms with Crippen LogP contribution in [0.25, 0.3) is 0 Å². The molecular weight excluding hydrogens is 340 g/mol. The molecule has 2 fully saturated rings. The Kier molecular flexibility index (Phi) is 5.35. The van der Waals surface area contributed by atoms with E-state index >= 15 is 0 Å². The van der Waals surface area contributed by atoms with Gasteiger partial charge in [-0.3, -0.25) is 0 Å². The van der Waals surface area contributed by atoms with E-state index < -0.39 is 29.8 Å². The molecule has 1 aromatic carbocycles. The second-order valence-corrected chi connectivity index (χ2v) is 7.83. The van der Waals surface area contributed by atoms with Crippen LogP contribution in [-0.2, 0) is 10.4 Å². The van der Waals surface area contributed by atoms with Gasteiger partial charge < -0.3 is 15.5 Å². The second kappa shape index (κ2) is 7.24. The third-order valence-electron chi connectivity index (χ3n) is 6.27. The number of hydrogen-bond donors (Lipinski definition) is 3. The Labute approximate surface area is 152 Å². The van der Waals surface area contributed by atoms with Gasteiger partial charge in [-0.25, -0.2) is 13.6 Å². The zero-order valence-corrected chi connectivity index (χ0v) is 15.0. The summed E-state index contributed by atoms with van der Waals surface area (Å²) in [5, 5.41) is 24.3. The van der Waals surface area contributed by atoms with Crippen LogP contribution < -0.4 is 5.32 Å². The highest BCUT2D eigenvalue weighted by molar-refractivity contribution is 5.80. The number of piperidine rings is 1. The van der Waals surface area contributed by atoms with Gasteiger partial charge in [-0.15, -0.1) is 0 Å². The van der Waals surface area contributed by atoms with Crippen LogP contribution in [0.2, 0.25) is 0 Å². The van der Waals surface area contributed by atoms with E-state index in [1.165, 1.54) is 0 Å². The molecule has 1 aliphatic carbocycles. The summed E-state index contributed by atoms with van der Waals surface area (Å²) >= 11 is 0. The van der Waals surface area contributed by atoms with Gasteiger partial charge in [0.2, 0.25) is 5.92 Å². The van der Waals surface area contributed by atoms with Crippen LogP contribution >= 0.6 is 0 Å². The Morgan fingerprint density at radius 3 is 2.50 bits per heavy atom. The molecule has 2 aliphatic rings. The largest absolute Gasteiger partial charge is 0.479 e. The van der Waals surface area contributed by atoms with Crippen LogP contribution in [0.1, 0.15) is 56.1 Å². The SMILES string of the molecule is C[C@@H](c1ccccc1[C@@](O)(C(=O)O)[C@@H]1CCC(F)(F)C1)C1CCNCC1. The Morgan fingerprint density at radius 1 is 1.27 bits per heavy atom. The van der Waals surface area contributed by atoms with Gasteiger partial charge in [-0.1, -0.05) is 31.2 Å². The van der Waals surface area contributed by atoms with E-state index in [9.17, 15) is 23.8 Å². The molecule has 3 rings (SSSR count). The number of halogens is 2. The molecule has 0 amide bonds. The second-order valence-electron chi connectivity index (χ2n) is 7.83. The summed E-state index contributed by atoms with van der Waals surface area (Å²) in [6, 6.07) is 6.93. The van der Waals surface area contributed by atoms with E-state index in [1.807, 2.05) is 19.1 Å². The van der Waals surface area contributed by atoms with Crippen LogP contribution in [0.4, 0.5) is 8.78 Å². The van der Waals surface area contributed by atoms with Crippen molar-refractivity contribution in [2.45, 2.75) is 56.5 Å². The third kappa shape index (κ3) is 3.49. The molecule has 0 spiro atoms. The van der Waals surface area contributed by atoms with Crippen molar-refractivity contribution in [3.63, 3.8) is 0 Å². The highest BCUT2D eigenvalue weighted by Crippen LogP contribution is 2.49. The number of alkyl halides is 2. The number of rotatable bonds is 5. The first-order valence-electron chi connectivity index (χ1n) is 9.39. The zero-order chi connectivity index (χ0) is 18.9. The van der Waals surface area contributed by atoms with Crippen LogP contribution in [0.5, 0.6) is 0 Å². The van der Waals surface area contributed by atoms with E-state index in [1.54, 1.807) is 12.1 Å². The Balaban J connectivity index is 1.99. The maximum absolute atomic E-state index is 13.7. The Hall–Kier alpha value is -1.53. The number of carboxylic acids is 1. The van der Waals surface area contributed by atoms with Crippen molar-refractivity contribution in [2.24, 2.45) is 11.8 Å². The number of hydrogen-bond acceptors (Lipinski definition) is 3. The van der Waals surface area contributed by atoms with Crippen molar-refractivity contribution >= 4 is 5.97 Å². The molecule has 1 heterocycles. The Morgan fingerprint density at radius 2 is 1.92 bits per heavy atom. The van der Waals surface area contributed by atoms with Gasteiger partial charge in [0.25, 0.3) is 0 Å². The van der Waals surface area contributed by atoms with Crippen LogP contribution in [0.3, 0.4) is 0 Å². The fourth-order valence-electron chi connectivity index (χ4n) is 4.66. The quantitative estimate of drug-likeness (QED) is 0.745. The van der Waals surface area contributed by atoms with E-state index in [-0.39, 0.29) is 24.3 Å². The maximum atomic E-state index is 13.7. The highest BCUT2D eigenvalue weighted by Gasteiger charge is 2.54. The molecule has 0 aromatic heterocycles. The smallest absolute Gasteiger partial charge is 0.340 e. The van der Waals surface area contributed by atoms with E-state index in [0.717, 1.165) is 31.5 Å². The normalized spacial score (nSPS) is 27.0. The van der Waals surface area contributed by atoms with Gasteiger partial charge in [0.15, 0.2) is 5.60 Å². The van der Waals surface area contributed by atoms with Crippen molar-refractivity contribution in [3.05, 3.63) is 35.4 Å². The molecule has 0 unspecified atom stereocenters. The average molecular weight is 367 g/mol. The summed E-state index contributed by atoms with van der Waals surface area (Å²) in [7, 11) is 0. The minimum Gasteiger partial charge on any atom is -0.479 e. The van der Waals surface area contributed by atoms with Gasteiger partial charge in [0.05, 0.1) is 0 Å². The van der Waals surface area contributed by atoms with Gasteiger partial charge in [-0.2, -0.15) is 0 Å². The summed E-state index contributed by atoms with van der Waals surface area (Å²) in [5.74, 6) is -4.91. The summed E-state index contributed by atoms with van der Waals surface area (Å²) in [6.07, 6.45) is 0.988. The molecule has 1 aromatic rings. The molecule has 26 heavy (non-hydrogen) atoms. The molecule has 6 heteroatoms. The lowest BCUT2D eigenvalue weighted by atomic mass is 9.73. The van der Waals surface area contributed by atoms with Crippen LogP contribution in [0, 0.1) is 11.8 Å². The lowest BCUT2D eigenvalue weighted by molar-refractivity contribution is -0.167. The molecule has 4 nitrogen and oxygen atoms in total. The van der Waals surface area contributed by atoms with Crippen LogP contribution in [-0.4, -0.2) is 35.2 Å². The van der Waals surface area contributed by atoms with Crippen molar-refractivity contribution in [2.75, 3.05) is 13.1 Å². The fourth-order valence-corrected chi connectivity index (χ4v) is 4.66. The van der Waals surface area contributed by atoms with Crippen molar-refractivity contribution in [1.82, 2.24) is 5.32 Å². The predicted octanol–water partition coefficient (Wildman–Crippen LogP) is 3.50. The average Bonchev–Trinajstić information content (AvgIpc) is 3.01. The minimum atomic E-state index is -2.91. The predicted molar refractivity (Wildman–Crippen MR) is 94.3 cm³/mol. The van der Waals surface area contributed by atoms with Gasteiger partial charge >= 0.3 is 5.97 Å². The summed E-state index contributed by atoms with van der Waals surface area (Å²) < 4.78 is 27.5. The summed E-state index contributed by atoms with van der Waals surface area (Å²) in [4.78, 5) is 12.1. The monoisotopic (exact) mass is 367 g/mol. The zero-order valence-electron chi connectivity index (χ0n) is 15.0. The number of nitrogens with one attached hydrogen (secondary N) is 1. The number of aliphatic hydroxyl groups is 1. The van der Waals surface area contributed by atoms with E-state index in [0.29, 0.717) is 5.92 Å². The minimum absolute atomic E-state index is 0.00582. The van der Waals surface area contributed by atoms with Crippen molar-refractivity contribution in [3.8, 4) is 0 Å². The number of aliphatic carboxylic acids is 1. The Bertz CT molecular complexity index is 660. The molecule has 0 radical (unpaired) electrons. The summed E-state index contributed by atoms with van der Waals surface area (Å²) in [5.41, 5.74) is -1.24. The lowest BCUT2D eigenvalue weighted by Gasteiger charge is -2.35. The van der Waals surface area contributed by atoms with Gasteiger partial charge in [-0.05, 0) is 55.3 Å². The number of benzene rings is 1. The maximum Gasteiger partial charge on any atom is 0.340 e. The summed E-state index contributed by atoms with van der Waals surface area (Å²) in [6.45, 7) is 3.87. The van der Waals surface area contributed by atoms with Crippen molar-refractivity contribution in [1.29, 1.82) is 0 Å². The number of carbonyl (C=O) groups is 1. The topological polar surface area (TPSA) is 69.6 Å². The first-order valence-corrected chi connectivity index (χ1v) is 9.39. The number of carboxylic acid groups (broad SMARTS) is 1. The molecule has 144 valence electrons. The molecule has 3 atom stereocenters. The molecular formula is C20H27F2NO3. The molecule has 1 saturated carbocycles. The first kappa shape index (κ1) is 19.2. The molecule has 3 N–H and O–H groups in total. The van der Waals surface area contributed by atoms with Gasteiger partial charge in [0.1, 0.15) is 0 Å². The molecule has 1 saturated heterocycles. The molecule has 1 aliphatic heterocycles. The van der Waals surface area contributed by atoms with Crippen molar-refractivity contribution < 1.29 is 23.8 Å². The van der Waals surface area contributed by atoms with E-state index in [2.05, 4.69) is 5.32 Å². The third-order valence-corrected chi connectivity index (χ3v) is 6.27. The van der Waals surface area contributed by atoms with E-state index in [4.69, 9.17) is 0 Å². The lowest BCUT2D eigenvalue weighted by Crippen LogP contribution is -2.44.